The molecule has 3 atom stereocenters. The zero-order valence-corrected chi connectivity index (χ0v) is 13.6. The molecule has 1 aliphatic heterocycles. The highest BCUT2D eigenvalue weighted by atomic mass is 31.1. The first-order chi connectivity index (χ1) is 10.3. The summed E-state index contributed by atoms with van der Waals surface area (Å²) in [6.07, 6.45) is 0.122. The summed E-state index contributed by atoms with van der Waals surface area (Å²) in [5.41, 5.74) is -0.677. The topological polar surface area (TPSA) is 108 Å². The zero-order valence-electron chi connectivity index (χ0n) is 12.7. The molecule has 9 nitrogen and oxygen atoms in total. The van der Waals surface area contributed by atoms with Crippen molar-refractivity contribution in [1.29, 1.82) is 0 Å². The number of ether oxygens (including phenoxy) is 1. The Hall–Kier alpha value is -1.38. The Morgan fingerprint density at radius 3 is 2.73 bits per heavy atom. The fraction of sp³-hybridized carbons (Fsp3) is 0.667. The highest BCUT2D eigenvalue weighted by Gasteiger charge is 2.41. The molecule has 0 radical (unpaired) electrons. The van der Waals surface area contributed by atoms with Crippen LogP contribution in [0, 0.1) is 6.92 Å². The van der Waals surface area contributed by atoms with Gasteiger partial charge in [-0.15, -0.1) is 0 Å². The van der Waals surface area contributed by atoms with Crippen molar-refractivity contribution in [2.75, 3.05) is 33.8 Å². The molecule has 122 valence electrons. The van der Waals surface area contributed by atoms with Gasteiger partial charge in [0.15, 0.2) is 6.23 Å². The molecule has 1 aliphatic rings. The van der Waals surface area contributed by atoms with E-state index in [2.05, 4.69) is 4.98 Å². The van der Waals surface area contributed by atoms with E-state index in [4.69, 9.17) is 4.74 Å². The van der Waals surface area contributed by atoms with E-state index in [0.717, 1.165) is 0 Å². The summed E-state index contributed by atoms with van der Waals surface area (Å²) < 4.78 is 22.4. The van der Waals surface area contributed by atoms with E-state index in [1.807, 2.05) is 0 Å². The van der Waals surface area contributed by atoms with Crippen molar-refractivity contribution >= 4 is 8.10 Å². The number of H-pyrrole nitrogens is 1. The molecule has 0 saturated carbocycles. The van der Waals surface area contributed by atoms with Crippen molar-refractivity contribution in [3.05, 3.63) is 32.6 Å². The van der Waals surface area contributed by atoms with Crippen LogP contribution in [0.3, 0.4) is 0 Å². The lowest BCUT2D eigenvalue weighted by molar-refractivity contribution is -0.119. The van der Waals surface area contributed by atoms with Crippen LogP contribution in [0.2, 0.25) is 0 Å². The Bertz CT molecular complexity index is 670. The van der Waals surface area contributed by atoms with Gasteiger partial charge >= 0.3 is 13.8 Å². The van der Waals surface area contributed by atoms with E-state index in [0.29, 0.717) is 12.1 Å². The molecule has 10 heteroatoms. The second-order valence-corrected chi connectivity index (χ2v) is 7.22. The zero-order chi connectivity index (χ0) is 16.4. The third-order valence-electron chi connectivity index (χ3n) is 3.37. The predicted molar refractivity (Wildman–Crippen MR) is 79.9 cm³/mol. The van der Waals surface area contributed by atoms with Crippen molar-refractivity contribution in [3.63, 3.8) is 0 Å². The molecule has 2 rings (SSSR count). The number of nitrogens with one attached hydrogen (secondary N) is 1. The second-order valence-electron chi connectivity index (χ2n) is 5.35. The monoisotopic (exact) mass is 331 g/mol. The molecular formula is C12H20N4O5P+. The molecule has 0 spiro atoms. The maximum atomic E-state index is 12.3. The number of aliphatic hydroxyl groups excluding tert-OH is 1. The van der Waals surface area contributed by atoms with Crippen molar-refractivity contribution < 1.29 is 14.4 Å². The lowest BCUT2D eigenvalue weighted by Crippen LogP contribution is -2.48. The summed E-state index contributed by atoms with van der Waals surface area (Å²) in [7, 11) is 1.58. The van der Waals surface area contributed by atoms with Gasteiger partial charge in [0.05, 0.1) is 25.8 Å². The summed E-state index contributed by atoms with van der Waals surface area (Å²) in [5, 5.41) is 9.36. The molecule has 22 heavy (non-hydrogen) atoms. The minimum Gasteiger partial charge on any atom is -0.394 e. The number of rotatable bonds is 4. The highest BCUT2D eigenvalue weighted by Crippen LogP contribution is 2.34. The Labute approximate surface area is 128 Å². The molecule has 1 saturated heterocycles. The summed E-state index contributed by atoms with van der Waals surface area (Å²) in [6, 6.07) is 0. The van der Waals surface area contributed by atoms with Crippen LogP contribution < -0.4 is 11.2 Å². The van der Waals surface area contributed by atoms with Gasteiger partial charge < -0.3 is 9.84 Å². The maximum Gasteiger partial charge on any atom is 0.537 e. The van der Waals surface area contributed by atoms with Crippen LogP contribution in [-0.2, 0) is 9.30 Å². The molecule has 1 aromatic rings. The standard InChI is InChI=1S/C12H19N4O5P/c1-8-4-16(12(19)13-11(8)18)10-6-15(22(20)14(2)3)5-9(7-17)21-10/h4,9-10,17H,5-7H2,1-3H3/p+1/t9-,10?/m0/s1. The first-order valence-electron chi connectivity index (χ1n) is 6.81. The first-order valence-corrected chi connectivity index (χ1v) is 7.97. The number of hydrogen-bond donors (Lipinski definition) is 2. The van der Waals surface area contributed by atoms with Crippen LogP contribution in [0.5, 0.6) is 0 Å². The number of aromatic nitrogens is 2. The molecule has 2 N–H and O–H groups in total. The Morgan fingerprint density at radius 1 is 1.45 bits per heavy atom. The molecule has 1 fully saturated rings. The smallest absolute Gasteiger partial charge is 0.394 e. The molecule has 0 aliphatic carbocycles. The summed E-state index contributed by atoms with van der Waals surface area (Å²) in [4.78, 5) is 25.6. The van der Waals surface area contributed by atoms with Crippen molar-refractivity contribution in [1.82, 2.24) is 18.9 Å². The fourth-order valence-electron chi connectivity index (χ4n) is 2.25. The van der Waals surface area contributed by atoms with Crippen LogP contribution in [0.1, 0.15) is 11.8 Å². The average molecular weight is 331 g/mol. The van der Waals surface area contributed by atoms with Crippen molar-refractivity contribution in [3.8, 4) is 0 Å². The highest BCUT2D eigenvalue weighted by molar-refractivity contribution is 7.39. The van der Waals surface area contributed by atoms with Crippen LogP contribution in [0.4, 0.5) is 0 Å². The molecule has 2 heterocycles. The third-order valence-corrected chi connectivity index (χ3v) is 4.87. The first kappa shape index (κ1) is 17.0. The molecule has 0 aromatic carbocycles. The van der Waals surface area contributed by atoms with E-state index in [-0.39, 0.29) is 13.2 Å². The van der Waals surface area contributed by atoms with E-state index >= 15 is 0 Å². The summed E-state index contributed by atoms with van der Waals surface area (Å²) in [5.74, 6) is 0. The van der Waals surface area contributed by atoms with Gasteiger partial charge in [-0.2, -0.15) is 0 Å². The van der Waals surface area contributed by atoms with Gasteiger partial charge in [0, 0.05) is 25.9 Å². The number of morpholine rings is 1. The summed E-state index contributed by atoms with van der Waals surface area (Å²) in [6.45, 7) is 1.85. The SMILES string of the molecule is Cc1cn(C2CN([P+](=O)N(C)C)C[C@@H](CO)O2)c(=O)[nH]c1=O. The number of nitrogens with zero attached hydrogens (tertiary/aromatic N) is 3. The minimum absolute atomic E-state index is 0.218. The van der Waals surface area contributed by atoms with Gasteiger partial charge in [0.25, 0.3) is 5.56 Å². The van der Waals surface area contributed by atoms with Gasteiger partial charge in [0.2, 0.25) is 0 Å². The van der Waals surface area contributed by atoms with Crippen molar-refractivity contribution in [2.24, 2.45) is 0 Å². The normalized spacial score (nSPS) is 23.8. The number of aryl methyl sites for hydroxylation is 1. The van der Waals surface area contributed by atoms with E-state index in [1.165, 1.54) is 10.8 Å². The van der Waals surface area contributed by atoms with Crippen LogP contribution in [0.15, 0.2) is 15.8 Å². The van der Waals surface area contributed by atoms with Gasteiger partial charge in [-0.05, 0) is 11.5 Å². The number of aromatic amines is 1. The van der Waals surface area contributed by atoms with E-state index in [9.17, 15) is 19.3 Å². The minimum atomic E-state index is -1.79. The summed E-state index contributed by atoms with van der Waals surface area (Å²) >= 11 is 0. The molecular weight excluding hydrogens is 311 g/mol. The molecule has 0 bridgehead atoms. The van der Waals surface area contributed by atoms with Gasteiger partial charge in [-0.1, -0.05) is 9.34 Å². The van der Waals surface area contributed by atoms with E-state index in [1.54, 1.807) is 30.4 Å². The van der Waals surface area contributed by atoms with Crippen LogP contribution in [0.25, 0.3) is 0 Å². The number of hydrogen-bond acceptors (Lipinski definition) is 5. The predicted octanol–water partition coefficient (Wildman–Crippen LogP) is -0.744. The van der Waals surface area contributed by atoms with E-state index < -0.39 is 31.7 Å². The quantitative estimate of drug-likeness (QED) is 0.699. The largest absolute Gasteiger partial charge is 0.537 e. The average Bonchev–Trinajstić information content (AvgIpc) is 2.49. The van der Waals surface area contributed by atoms with Gasteiger partial charge in [-0.25, -0.2) is 4.79 Å². The Kier molecular flexibility index (Phi) is 5.25. The molecule has 1 aromatic heterocycles. The maximum absolute atomic E-state index is 12.3. The molecule has 0 amide bonds. The fourth-order valence-corrected chi connectivity index (χ4v) is 3.35. The Morgan fingerprint density at radius 2 is 2.14 bits per heavy atom. The lowest BCUT2D eigenvalue weighted by Gasteiger charge is -2.32. The second kappa shape index (κ2) is 6.80. The molecule has 2 unspecified atom stereocenters. The van der Waals surface area contributed by atoms with Crippen LogP contribution in [-0.4, -0.2) is 63.9 Å². The number of aliphatic hydroxyl groups is 1. The van der Waals surface area contributed by atoms with Gasteiger partial charge in [0.1, 0.15) is 0 Å². The third kappa shape index (κ3) is 3.50. The van der Waals surface area contributed by atoms with Crippen LogP contribution >= 0.6 is 8.10 Å². The lowest BCUT2D eigenvalue weighted by atomic mass is 10.3. The van der Waals surface area contributed by atoms with Gasteiger partial charge in [-0.3, -0.25) is 14.3 Å². The van der Waals surface area contributed by atoms with Crippen molar-refractivity contribution in [2.45, 2.75) is 19.3 Å². The Balaban J connectivity index is 2.34.